The minimum Gasteiger partial charge on any atom is -0.353 e. The fourth-order valence-electron chi connectivity index (χ4n) is 4.55. The standard InChI is InChI=1S/C24H24F4N2O3/c25-19-7-3-2-6-17(19)14-29-21(31)20-15-33-23(12-4-1-5-13-23)30(20)22(32)16-8-10-18(11-9-16)24(26,27)28/h2-3,6-11,20H,1,4-5,12-15H2,(H,29,31)/t20-/m0/s1. The van der Waals surface area contributed by atoms with E-state index in [0.717, 1.165) is 43.5 Å². The van der Waals surface area contributed by atoms with Gasteiger partial charge in [-0.15, -0.1) is 0 Å². The van der Waals surface area contributed by atoms with Crippen LogP contribution in [0.3, 0.4) is 0 Å². The Morgan fingerprint density at radius 3 is 2.33 bits per heavy atom. The van der Waals surface area contributed by atoms with Crippen LogP contribution < -0.4 is 5.32 Å². The lowest BCUT2D eigenvalue weighted by Gasteiger charge is -2.41. The van der Waals surface area contributed by atoms with Crippen molar-refractivity contribution >= 4 is 11.8 Å². The van der Waals surface area contributed by atoms with Gasteiger partial charge in [0.2, 0.25) is 5.91 Å². The lowest BCUT2D eigenvalue weighted by Crippen LogP contribution is -2.56. The Bertz CT molecular complexity index is 1020. The maximum atomic E-state index is 13.9. The molecule has 1 atom stereocenters. The Hall–Kier alpha value is -2.94. The minimum atomic E-state index is -4.52. The first kappa shape index (κ1) is 23.2. The predicted octanol–water partition coefficient (Wildman–Crippen LogP) is 4.66. The molecule has 1 N–H and O–H groups in total. The highest BCUT2D eigenvalue weighted by Gasteiger charge is 2.53. The Kier molecular flexibility index (Phi) is 6.43. The third kappa shape index (κ3) is 4.73. The van der Waals surface area contributed by atoms with Gasteiger partial charge in [-0.05, 0) is 56.0 Å². The molecule has 1 spiro atoms. The predicted molar refractivity (Wildman–Crippen MR) is 111 cm³/mol. The van der Waals surface area contributed by atoms with E-state index in [-0.39, 0.29) is 18.7 Å². The number of nitrogens with one attached hydrogen (secondary N) is 1. The molecule has 0 unspecified atom stereocenters. The summed E-state index contributed by atoms with van der Waals surface area (Å²) in [6, 6.07) is 9.01. The molecule has 5 nitrogen and oxygen atoms in total. The van der Waals surface area contributed by atoms with Gasteiger partial charge in [-0.1, -0.05) is 24.6 Å². The zero-order valence-corrected chi connectivity index (χ0v) is 17.8. The Labute approximate surface area is 188 Å². The summed E-state index contributed by atoms with van der Waals surface area (Å²) in [6.45, 7) is -0.0905. The van der Waals surface area contributed by atoms with E-state index in [4.69, 9.17) is 4.74 Å². The fraction of sp³-hybridized carbons (Fsp3) is 0.417. The summed E-state index contributed by atoms with van der Waals surface area (Å²) in [4.78, 5) is 27.9. The Morgan fingerprint density at radius 1 is 1.03 bits per heavy atom. The van der Waals surface area contributed by atoms with Crippen LogP contribution >= 0.6 is 0 Å². The first-order valence-corrected chi connectivity index (χ1v) is 10.9. The van der Waals surface area contributed by atoms with E-state index in [1.165, 1.54) is 11.0 Å². The number of hydrogen-bond acceptors (Lipinski definition) is 3. The van der Waals surface area contributed by atoms with E-state index in [0.29, 0.717) is 18.4 Å². The van der Waals surface area contributed by atoms with E-state index < -0.39 is 41.1 Å². The molecule has 1 heterocycles. The molecule has 1 aliphatic carbocycles. The molecule has 0 radical (unpaired) electrons. The number of alkyl halides is 3. The number of ether oxygens (including phenoxy) is 1. The van der Waals surface area contributed by atoms with Gasteiger partial charge in [0, 0.05) is 17.7 Å². The van der Waals surface area contributed by atoms with Crippen molar-refractivity contribution in [3.63, 3.8) is 0 Å². The van der Waals surface area contributed by atoms with Crippen LogP contribution in [-0.2, 0) is 22.3 Å². The van der Waals surface area contributed by atoms with Gasteiger partial charge >= 0.3 is 6.18 Å². The van der Waals surface area contributed by atoms with Gasteiger partial charge in [0.1, 0.15) is 17.6 Å². The lowest BCUT2D eigenvalue weighted by atomic mass is 9.89. The maximum absolute atomic E-state index is 13.9. The largest absolute Gasteiger partial charge is 0.416 e. The average Bonchev–Trinajstić information content (AvgIpc) is 3.16. The van der Waals surface area contributed by atoms with Crippen LogP contribution in [0.2, 0.25) is 0 Å². The highest BCUT2D eigenvalue weighted by molar-refractivity contribution is 5.98. The number of halogens is 4. The van der Waals surface area contributed by atoms with Crippen LogP contribution in [0, 0.1) is 5.82 Å². The highest BCUT2D eigenvalue weighted by atomic mass is 19.4. The van der Waals surface area contributed by atoms with Gasteiger partial charge in [0.25, 0.3) is 5.91 Å². The molecule has 2 fully saturated rings. The van der Waals surface area contributed by atoms with Gasteiger partial charge < -0.3 is 10.1 Å². The molecule has 0 bridgehead atoms. The van der Waals surface area contributed by atoms with Crippen molar-refractivity contribution in [3.05, 3.63) is 71.0 Å². The molecule has 1 aliphatic heterocycles. The number of benzene rings is 2. The zero-order valence-electron chi connectivity index (χ0n) is 17.8. The van der Waals surface area contributed by atoms with Gasteiger partial charge in [0.15, 0.2) is 0 Å². The first-order valence-electron chi connectivity index (χ1n) is 10.9. The molecular formula is C24H24F4N2O3. The lowest BCUT2D eigenvalue weighted by molar-refractivity contribution is -0.137. The van der Waals surface area contributed by atoms with Crippen molar-refractivity contribution in [1.29, 1.82) is 0 Å². The van der Waals surface area contributed by atoms with E-state index in [1.54, 1.807) is 18.2 Å². The van der Waals surface area contributed by atoms with Crippen molar-refractivity contribution in [3.8, 4) is 0 Å². The van der Waals surface area contributed by atoms with Crippen LogP contribution in [0.1, 0.15) is 53.6 Å². The second-order valence-corrected chi connectivity index (χ2v) is 8.39. The van der Waals surface area contributed by atoms with Crippen molar-refractivity contribution in [1.82, 2.24) is 10.2 Å². The summed E-state index contributed by atoms with van der Waals surface area (Å²) >= 11 is 0. The third-order valence-corrected chi connectivity index (χ3v) is 6.29. The molecule has 4 rings (SSSR count). The van der Waals surface area contributed by atoms with E-state index in [1.807, 2.05) is 0 Å². The summed E-state index contributed by atoms with van der Waals surface area (Å²) < 4.78 is 58.7. The van der Waals surface area contributed by atoms with Crippen LogP contribution in [0.5, 0.6) is 0 Å². The summed E-state index contributed by atoms with van der Waals surface area (Å²) in [5.41, 5.74) is -1.48. The number of amides is 2. The molecule has 2 aliphatic rings. The summed E-state index contributed by atoms with van der Waals surface area (Å²) in [7, 11) is 0. The molecular weight excluding hydrogens is 440 g/mol. The van der Waals surface area contributed by atoms with Crippen molar-refractivity contribution in [2.45, 2.75) is 56.6 Å². The number of carbonyl (C=O) groups excluding carboxylic acids is 2. The molecule has 1 saturated carbocycles. The van der Waals surface area contributed by atoms with E-state index in [2.05, 4.69) is 5.32 Å². The van der Waals surface area contributed by atoms with Gasteiger partial charge in [-0.25, -0.2) is 4.39 Å². The van der Waals surface area contributed by atoms with Crippen LogP contribution in [0.4, 0.5) is 17.6 Å². The van der Waals surface area contributed by atoms with Gasteiger partial charge in [-0.2, -0.15) is 13.2 Å². The van der Waals surface area contributed by atoms with Crippen LogP contribution in [0.25, 0.3) is 0 Å². The van der Waals surface area contributed by atoms with Crippen molar-refractivity contribution in [2.24, 2.45) is 0 Å². The number of hydrogen-bond donors (Lipinski definition) is 1. The van der Waals surface area contributed by atoms with Crippen LogP contribution in [0.15, 0.2) is 48.5 Å². The third-order valence-electron chi connectivity index (χ3n) is 6.29. The molecule has 176 valence electrons. The fourth-order valence-corrected chi connectivity index (χ4v) is 4.55. The maximum Gasteiger partial charge on any atom is 0.416 e. The second-order valence-electron chi connectivity index (χ2n) is 8.39. The molecule has 2 aromatic rings. The Morgan fingerprint density at radius 2 is 1.70 bits per heavy atom. The normalized spacial score (nSPS) is 20.1. The summed E-state index contributed by atoms with van der Waals surface area (Å²) in [5.74, 6) is -1.52. The first-order chi connectivity index (χ1) is 15.7. The van der Waals surface area contributed by atoms with E-state index >= 15 is 0 Å². The number of nitrogens with zero attached hydrogens (tertiary/aromatic N) is 1. The summed E-state index contributed by atoms with van der Waals surface area (Å²) in [6.07, 6.45) is -0.858. The van der Waals surface area contributed by atoms with Crippen molar-refractivity contribution < 1.29 is 31.9 Å². The van der Waals surface area contributed by atoms with Gasteiger partial charge in [0.05, 0.1) is 12.2 Å². The number of carbonyl (C=O) groups is 2. The topological polar surface area (TPSA) is 58.6 Å². The quantitative estimate of drug-likeness (QED) is 0.670. The minimum absolute atomic E-state index is 0.0323. The number of rotatable bonds is 4. The van der Waals surface area contributed by atoms with Crippen molar-refractivity contribution in [2.75, 3.05) is 6.61 Å². The van der Waals surface area contributed by atoms with Gasteiger partial charge in [-0.3, -0.25) is 14.5 Å². The molecule has 2 amide bonds. The molecule has 2 aromatic carbocycles. The van der Waals surface area contributed by atoms with Crippen LogP contribution in [-0.4, -0.2) is 35.1 Å². The molecule has 9 heteroatoms. The SMILES string of the molecule is O=C(NCc1ccccc1F)[C@@H]1COC2(CCCCC2)N1C(=O)c1ccc(C(F)(F)F)cc1. The second kappa shape index (κ2) is 9.13. The summed E-state index contributed by atoms with van der Waals surface area (Å²) in [5, 5.41) is 2.67. The molecule has 0 aromatic heterocycles. The monoisotopic (exact) mass is 464 g/mol. The molecule has 33 heavy (non-hydrogen) atoms. The zero-order chi connectivity index (χ0) is 23.6. The smallest absolute Gasteiger partial charge is 0.353 e. The highest BCUT2D eigenvalue weighted by Crippen LogP contribution is 2.41. The van der Waals surface area contributed by atoms with E-state index in [9.17, 15) is 27.2 Å². The average molecular weight is 464 g/mol. The Balaban J connectivity index is 1.58. The molecule has 1 saturated heterocycles.